The van der Waals surface area contributed by atoms with E-state index in [1.54, 1.807) is 0 Å². The van der Waals surface area contributed by atoms with Gasteiger partial charge in [-0.05, 0) is 37.8 Å². The summed E-state index contributed by atoms with van der Waals surface area (Å²) in [7, 11) is 0. The van der Waals surface area contributed by atoms with Crippen LogP contribution in [0.1, 0.15) is 36.0 Å². The van der Waals surface area contributed by atoms with Crippen LogP contribution in [0.5, 0.6) is 0 Å². The van der Waals surface area contributed by atoms with Gasteiger partial charge in [0.05, 0.1) is 0 Å². The second-order valence-corrected chi connectivity index (χ2v) is 5.19. The van der Waals surface area contributed by atoms with E-state index < -0.39 is 0 Å². The number of nitrogens with zero attached hydrogens (tertiary/aromatic N) is 1. The lowest BCUT2D eigenvalue weighted by Gasteiger charge is -2.37. The van der Waals surface area contributed by atoms with Crippen LogP contribution in [0.2, 0.25) is 0 Å². The van der Waals surface area contributed by atoms with E-state index in [4.69, 9.17) is 5.73 Å². The van der Waals surface area contributed by atoms with E-state index in [0.717, 1.165) is 31.2 Å². The maximum Gasteiger partial charge on any atom is 0.254 e. The summed E-state index contributed by atoms with van der Waals surface area (Å²) in [6, 6.07) is 10.6. The molecule has 3 nitrogen and oxygen atoms in total. The zero-order valence-electron chi connectivity index (χ0n) is 9.88. The fraction of sp³-hybridized carbons (Fsp3) is 0.500. The van der Waals surface area contributed by atoms with Crippen molar-refractivity contribution >= 4 is 5.91 Å². The van der Waals surface area contributed by atoms with Crippen LogP contribution in [0.3, 0.4) is 0 Å². The highest BCUT2D eigenvalue weighted by Gasteiger charge is 2.42. The van der Waals surface area contributed by atoms with Crippen LogP contribution in [-0.4, -0.2) is 28.9 Å². The molecular weight excluding hydrogens is 212 g/mol. The van der Waals surface area contributed by atoms with Crippen molar-refractivity contribution in [2.75, 3.05) is 0 Å². The fourth-order valence-electron chi connectivity index (χ4n) is 3.28. The van der Waals surface area contributed by atoms with Crippen molar-refractivity contribution in [3.63, 3.8) is 0 Å². The molecule has 0 saturated carbocycles. The van der Waals surface area contributed by atoms with Crippen LogP contribution >= 0.6 is 0 Å². The Morgan fingerprint density at radius 1 is 1.12 bits per heavy atom. The highest BCUT2D eigenvalue weighted by Crippen LogP contribution is 2.36. The molecule has 1 amide bonds. The number of benzene rings is 1. The average molecular weight is 230 g/mol. The summed E-state index contributed by atoms with van der Waals surface area (Å²) in [6.07, 6.45) is 4.18. The lowest BCUT2D eigenvalue weighted by atomic mass is 9.97. The molecule has 2 aliphatic rings. The third-order valence-corrected chi connectivity index (χ3v) is 4.02. The van der Waals surface area contributed by atoms with Crippen molar-refractivity contribution < 1.29 is 4.79 Å². The average Bonchev–Trinajstić information content (AvgIpc) is 2.62. The number of rotatable bonds is 1. The molecule has 3 rings (SSSR count). The number of hydrogen-bond acceptors (Lipinski definition) is 2. The lowest BCUT2D eigenvalue weighted by Crippen LogP contribution is -2.50. The minimum atomic E-state index is 0.185. The number of hydrogen-bond donors (Lipinski definition) is 1. The smallest absolute Gasteiger partial charge is 0.254 e. The van der Waals surface area contributed by atoms with Gasteiger partial charge in [-0.3, -0.25) is 4.79 Å². The Labute approximate surface area is 102 Å². The third-order valence-electron chi connectivity index (χ3n) is 4.02. The normalized spacial score (nSPS) is 31.6. The topological polar surface area (TPSA) is 46.3 Å². The lowest BCUT2D eigenvalue weighted by molar-refractivity contribution is 0.0575. The first-order chi connectivity index (χ1) is 8.25. The van der Waals surface area contributed by atoms with Crippen LogP contribution in [0.4, 0.5) is 0 Å². The Hall–Kier alpha value is -1.35. The van der Waals surface area contributed by atoms with Gasteiger partial charge in [-0.25, -0.2) is 0 Å². The van der Waals surface area contributed by atoms with E-state index >= 15 is 0 Å². The van der Waals surface area contributed by atoms with Gasteiger partial charge in [0, 0.05) is 23.7 Å². The SMILES string of the molecule is NC1CC2CCC(C1)N2C(=O)c1ccccc1. The van der Waals surface area contributed by atoms with Crippen molar-refractivity contribution in [3.05, 3.63) is 35.9 Å². The minimum Gasteiger partial charge on any atom is -0.333 e. The quantitative estimate of drug-likeness (QED) is 0.799. The Morgan fingerprint density at radius 3 is 2.29 bits per heavy atom. The first-order valence-electron chi connectivity index (χ1n) is 6.39. The van der Waals surface area contributed by atoms with E-state index in [1.807, 2.05) is 30.3 Å². The molecule has 2 atom stereocenters. The molecule has 2 N–H and O–H groups in total. The molecule has 2 bridgehead atoms. The van der Waals surface area contributed by atoms with Crippen molar-refractivity contribution in [2.45, 2.75) is 43.8 Å². The fourth-order valence-corrected chi connectivity index (χ4v) is 3.28. The summed E-state index contributed by atoms with van der Waals surface area (Å²) in [4.78, 5) is 14.5. The molecule has 3 heteroatoms. The molecule has 2 heterocycles. The van der Waals surface area contributed by atoms with E-state index in [9.17, 15) is 4.79 Å². The number of carbonyl (C=O) groups excluding carboxylic acids is 1. The summed E-state index contributed by atoms with van der Waals surface area (Å²) in [5.41, 5.74) is 6.82. The zero-order chi connectivity index (χ0) is 11.8. The maximum atomic E-state index is 12.5. The van der Waals surface area contributed by atoms with Crippen molar-refractivity contribution in [2.24, 2.45) is 5.73 Å². The van der Waals surface area contributed by atoms with Gasteiger partial charge in [0.2, 0.25) is 0 Å². The molecule has 0 aromatic heterocycles. The van der Waals surface area contributed by atoms with Crippen LogP contribution in [0.25, 0.3) is 0 Å². The largest absolute Gasteiger partial charge is 0.333 e. The molecule has 2 saturated heterocycles. The molecule has 2 aliphatic heterocycles. The first kappa shape index (κ1) is 10.8. The monoisotopic (exact) mass is 230 g/mol. The maximum absolute atomic E-state index is 12.5. The molecule has 0 aliphatic carbocycles. The summed E-state index contributed by atoms with van der Waals surface area (Å²) in [5.74, 6) is 0.185. The second kappa shape index (κ2) is 4.15. The number of fused-ring (bicyclic) bond motifs is 2. The van der Waals surface area contributed by atoms with Crippen LogP contribution in [-0.2, 0) is 0 Å². The van der Waals surface area contributed by atoms with Crippen molar-refractivity contribution in [1.82, 2.24) is 4.90 Å². The Balaban J connectivity index is 1.84. The van der Waals surface area contributed by atoms with Gasteiger partial charge in [0.25, 0.3) is 5.91 Å². The van der Waals surface area contributed by atoms with Gasteiger partial charge in [0.15, 0.2) is 0 Å². The molecule has 0 radical (unpaired) electrons. The molecule has 0 spiro atoms. The Morgan fingerprint density at radius 2 is 1.71 bits per heavy atom. The van der Waals surface area contributed by atoms with Crippen LogP contribution in [0.15, 0.2) is 30.3 Å². The number of nitrogens with two attached hydrogens (primary N) is 1. The van der Waals surface area contributed by atoms with Gasteiger partial charge in [-0.2, -0.15) is 0 Å². The molecule has 90 valence electrons. The Kier molecular flexibility index (Phi) is 2.63. The molecule has 1 aromatic carbocycles. The van der Waals surface area contributed by atoms with E-state index in [-0.39, 0.29) is 11.9 Å². The molecule has 2 fully saturated rings. The van der Waals surface area contributed by atoms with Gasteiger partial charge >= 0.3 is 0 Å². The van der Waals surface area contributed by atoms with Gasteiger partial charge in [-0.1, -0.05) is 18.2 Å². The number of piperidine rings is 1. The highest BCUT2D eigenvalue weighted by atomic mass is 16.2. The van der Waals surface area contributed by atoms with Crippen LogP contribution in [0, 0.1) is 0 Å². The van der Waals surface area contributed by atoms with Crippen molar-refractivity contribution in [3.8, 4) is 0 Å². The van der Waals surface area contributed by atoms with Crippen molar-refractivity contribution in [1.29, 1.82) is 0 Å². The minimum absolute atomic E-state index is 0.185. The summed E-state index contributed by atoms with van der Waals surface area (Å²) in [5, 5.41) is 0. The molecular formula is C14H18N2O. The predicted molar refractivity (Wildman–Crippen MR) is 66.6 cm³/mol. The Bertz CT molecular complexity index is 403. The summed E-state index contributed by atoms with van der Waals surface area (Å²) < 4.78 is 0. The highest BCUT2D eigenvalue weighted by molar-refractivity contribution is 5.94. The first-order valence-corrected chi connectivity index (χ1v) is 6.39. The van der Waals surface area contributed by atoms with Crippen LogP contribution < -0.4 is 5.73 Å². The number of carbonyl (C=O) groups is 1. The number of amides is 1. The van der Waals surface area contributed by atoms with Gasteiger partial charge < -0.3 is 10.6 Å². The predicted octanol–water partition coefficient (Wildman–Crippen LogP) is 1.78. The zero-order valence-corrected chi connectivity index (χ0v) is 9.88. The standard InChI is InChI=1S/C14H18N2O/c15-11-8-12-6-7-13(9-11)16(12)14(17)10-4-2-1-3-5-10/h1-5,11-13H,6-9,15H2. The summed E-state index contributed by atoms with van der Waals surface area (Å²) in [6.45, 7) is 0. The molecule has 17 heavy (non-hydrogen) atoms. The molecule has 1 aromatic rings. The second-order valence-electron chi connectivity index (χ2n) is 5.19. The third kappa shape index (κ3) is 1.84. The van der Waals surface area contributed by atoms with E-state index in [0.29, 0.717) is 12.1 Å². The van der Waals surface area contributed by atoms with Gasteiger partial charge in [0.1, 0.15) is 0 Å². The van der Waals surface area contributed by atoms with E-state index in [1.165, 1.54) is 0 Å². The van der Waals surface area contributed by atoms with Gasteiger partial charge in [-0.15, -0.1) is 0 Å². The summed E-state index contributed by atoms with van der Waals surface area (Å²) >= 11 is 0. The molecule has 2 unspecified atom stereocenters. The van der Waals surface area contributed by atoms with E-state index in [2.05, 4.69) is 4.90 Å².